The Kier molecular flexibility index (Phi) is 8.78. The maximum absolute atomic E-state index is 12.8. The van der Waals surface area contributed by atoms with Crippen molar-refractivity contribution in [2.45, 2.75) is 59.2 Å². The summed E-state index contributed by atoms with van der Waals surface area (Å²) >= 11 is 0. The van der Waals surface area contributed by atoms with E-state index in [2.05, 4.69) is 10.2 Å². The van der Waals surface area contributed by atoms with Crippen LogP contribution in [0.2, 0.25) is 0 Å². The molecular formula is C21H35N3O5S. The topological polar surface area (TPSA) is 88.2 Å². The van der Waals surface area contributed by atoms with Crippen LogP contribution in [0.5, 0.6) is 5.75 Å². The molecule has 1 heterocycles. The fraction of sp³-hybridized carbons (Fsp3) is 0.667. The van der Waals surface area contributed by atoms with Gasteiger partial charge in [0, 0.05) is 49.6 Å². The molecule has 1 aromatic rings. The van der Waals surface area contributed by atoms with Crippen molar-refractivity contribution < 1.29 is 22.1 Å². The van der Waals surface area contributed by atoms with Crippen molar-refractivity contribution >= 4 is 21.8 Å². The number of urea groups is 1. The highest BCUT2D eigenvalue weighted by Crippen LogP contribution is 2.29. The fourth-order valence-electron chi connectivity index (χ4n) is 3.50. The predicted octanol–water partition coefficient (Wildman–Crippen LogP) is 2.97. The SMILES string of the molecule is CCN(CC)c1ccc(CN(CC2CCCO2)C(=O)NC(C)C)c(OS(C)(=O)=O)c1. The average Bonchev–Trinajstić information content (AvgIpc) is 3.15. The third-order valence-corrected chi connectivity index (χ3v) is 5.41. The number of rotatable bonds is 10. The Labute approximate surface area is 180 Å². The van der Waals surface area contributed by atoms with Crippen molar-refractivity contribution in [1.29, 1.82) is 0 Å². The number of hydrogen-bond donors (Lipinski definition) is 1. The van der Waals surface area contributed by atoms with E-state index in [1.807, 2.05) is 39.8 Å². The molecule has 1 aromatic carbocycles. The summed E-state index contributed by atoms with van der Waals surface area (Å²) < 4.78 is 34.7. The lowest BCUT2D eigenvalue weighted by Crippen LogP contribution is -2.45. The van der Waals surface area contributed by atoms with Gasteiger partial charge >= 0.3 is 16.1 Å². The molecule has 0 spiro atoms. The molecule has 0 radical (unpaired) electrons. The van der Waals surface area contributed by atoms with E-state index in [4.69, 9.17) is 8.92 Å². The van der Waals surface area contributed by atoms with Crippen LogP contribution in [0.15, 0.2) is 18.2 Å². The molecule has 1 aliphatic rings. The van der Waals surface area contributed by atoms with E-state index in [1.165, 1.54) is 0 Å². The summed E-state index contributed by atoms with van der Waals surface area (Å²) in [6, 6.07) is 5.27. The smallest absolute Gasteiger partial charge is 0.317 e. The number of anilines is 1. The zero-order valence-electron chi connectivity index (χ0n) is 18.7. The van der Waals surface area contributed by atoms with E-state index in [0.29, 0.717) is 18.7 Å². The van der Waals surface area contributed by atoms with E-state index in [0.717, 1.165) is 37.9 Å². The van der Waals surface area contributed by atoms with Gasteiger partial charge in [-0.15, -0.1) is 0 Å². The molecule has 0 saturated carbocycles. The van der Waals surface area contributed by atoms with Crippen molar-refractivity contribution in [3.05, 3.63) is 23.8 Å². The standard InChI is InChI=1S/C21H35N3O5S/c1-6-23(7-2)18-11-10-17(20(13-18)29-30(5,26)27)14-24(21(25)22-16(3)4)15-19-9-8-12-28-19/h10-11,13,16,19H,6-9,12,14-15H2,1-5H3,(H,22,25). The van der Waals surface area contributed by atoms with Crippen LogP contribution in [0.3, 0.4) is 0 Å². The van der Waals surface area contributed by atoms with Gasteiger partial charge in [0.25, 0.3) is 0 Å². The van der Waals surface area contributed by atoms with Gasteiger partial charge in [-0.25, -0.2) is 4.79 Å². The van der Waals surface area contributed by atoms with Gasteiger partial charge in [-0.2, -0.15) is 8.42 Å². The van der Waals surface area contributed by atoms with Crippen molar-refractivity contribution in [3.8, 4) is 5.75 Å². The largest absolute Gasteiger partial charge is 0.382 e. The molecule has 8 nitrogen and oxygen atoms in total. The molecule has 1 aliphatic heterocycles. The zero-order valence-corrected chi connectivity index (χ0v) is 19.5. The van der Waals surface area contributed by atoms with Crippen molar-refractivity contribution in [2.24, 2.45) is 0 Å². The molecule has 1 N–H and O–H groups in total. The van der Waals surface area contributed by atoms with Crippen LogP contribution in [0.1, 0.15) is 46.1 Å². The molecule has 1 atom stereocenters. The first kappa shape index (κ1) is 24.3. The molecule has 0 aliphatic carbocycles. The van der Waals surface area contributed by atoms with Crippen LogP contribution in [0.4, 0.5) is 10.5 Å². The average molecular weight is 442 g/mol. The number of hydrogen-bond acceptors (Lipinski definition) is 6. The summed E-state index contributed by atoms with van der Waals surface area (Å²) in [4.78, 5) is 16.6. The van der Waals surface area contributed by atoms with Crippen molar-refractivity contribution in [3.63, 3.8) is 0 Å². The van der Waals surface area contributed by atoms with Crippen LogP contribution < -0.4 is 14.4 Å². The Balaban J connectivity index is 2.34. The highest BCUT2D eigenvalue weighted by Gasteiger charge is 2.25. The first-order chi connectivity index (χ1) is 14.1. The Morgan fingerprint density at radius 2 is 2.00 bits per heavy atom. The summed E-state index contributed by atoms with van der Waals surface area (Å²) in [7, 11) is -3.72. The van der Waals surface area contributed by atoms with E-state index < -0.39 is 10.1 Å². The molecule has 1 fully saturated rings. The number of carbonyl (C=O) groups excluding carboxylic acids is 1. The Morgan fingerprint density at radius 1 is 1.30 bits per heavy atom. The summed E-state index contributed by atoms with van der Waals surface area (Å²) in [6.07, 6.45) is 2.89. The second-order valence-corrected chi connectivity index (χ2v) is 9.45. The number of nitrogens with one attached hydrogen (secondary N) is 1. The second kappa shape index (κ2) is 10.9. The fourth-order valence-corrected chi connectivity index (χ4v) is 3.98. The van der Waals surface area contributed by atoms with Gasteiger partial charge < -0.3 is 24.0 Å². The van der Waals surface area contributed by atoms with Crippen LogP contribution in [-0.2, 0) is 21.4 Å². The zero-order chi connectivity index (χ0) is 22.3. The van der Waals surface area contributed by atoms with E-state index >= 15 is 0 Å². The first-order valence-electron chi connectivity index (χ1n) is 10.6. The van der Waals surface area contributed by atoms with Crippen LogP contribution in [0, 0.1) is 0 Å². The number of benzene rings is 1. The molecule has 0 bridgehead atoms. The molecule has 2 amide bonds. The number of ether oxygens (including phenoxy) is 1. The molecule has 9 heteroatoms. The first-order valence-corrected chi connectivity index (χ1v) is 12.4. The van der Waals surface area contributed by atoms with E-state index in [-0.39, 0.29) is 30.5 Å². The Bertz CT molecular complexity index is 803. The third-order valence-electron chi connectivity index (χ3n) is 4.93. The van der Waals surface area contributed by atoms with Crippen molar-refractivity contribution in [1.82, 2.24) is 10.2 Å². The lowest BCUT2D eigenvalue weighted by molar-refractivity contribution is 0.0790. The van der Waals surface area contributed by atoms with Crippen LogP contribution in [-0.4, -0.2) is 64.0 Å². The van der Waals surface area contributed by atoms with Gasteiger partial charge in [0.2, 0.25) is 0 Å². The minimum Gasteiger partial charge on any atom is -0.382 e. The summed E-state index contributed by atoms with van der Waals surface area (Å²) in [5.74, 6) is 0.247. The lowest BCUT2D eigenvalue weighted by Gasteiger charge is -2.28. The molecule has 0 aromatic heterocycles. The molecule has 2 rings (SSSR count). The maximum Gasteiger partial charge on any atom is 0.317 e. The van der Waals surface area contributed by atoms with Crippen LogP contribution >= 0.6 is 0 Å². The molecule has 1 unspecified atom stereocenters. The van der Waals surface area contributed by atoms with Gasteiger partial charge in [-0.3, -0.25) is 0 Å². The van der Waals surface area contributed by atoms with Gasteiger partial charge in [0.1, 0.15) is 5.75 Å². The molecular weight excluding hydrogens is 406 g/mol. The van der Waals surface area contributed by atoms with E-state index in [9.17, 15) is 13.2 Å². The van der Waals surface area contributed by atoms with Gasteiger partial charge in [0.05, 0.1) is 18.9 Å². The number of nitrogens with zero attached hydrogens (tertiary/aromatic N) is 2. The summed E-state index contributed by atoms with van der Waals surface area (Å²) in [6.45, 7) is 10.8. The lowest BCUT2D eigenvalue weighted by atomic mass is 10.1. The predicted molar refractivity (Wildman–Crippen MR) is 119 cm³/mol. The minimum absolute atomic E-state index is 0.0127. The summed E-state index contributed by atoms with van der Waals surface area (Å²) in [5.41, 5.74) is 1.51. The maximum atomic E-state index is 12.8. The molecule has 30 heavy (non-hydrogen) atoms. The van der Waals surface area contributed by atoms with Gasteiger partial charge in [-0.1, -0.05) is 6.07 Å². The Hall–Kier alpha value is -2.00. The molecule has 170 valence electrons. The van der Waals surface area contributed by atoms with Crippen LogP contribution in [0.25, 0.3) is 0 Å². The highest BCUT2D eigenvalue weighted by atomic mass is 32.2. The molecule has 1 saturated heterocycles. The quantitative estimate of drug-likeness (QED) is 0.562. The minimum atomic E-state index is -3.72. The normalized spacial score (nSPS) is 16.5. The Morgan fingerprint density at radius 3 is 2.53 bits per heavy atom. The summed E-state index contributed by atoms with van der Waals surface area (Å²) in [5, 5.41) is 2.92. The van der Waals surface area contributed by atoms with Gasteiger partial charge in [-0.05, 0) is 46.6 Å². The third kappa shape index (κ3) is 7.36. The monoisotopic (exact) mass is 441 g/mol. The van der Waals surface area contributed by atoms with Crippen molar-refractivity contribution in [2.75, 3.05) is 37.4 Å². The van der Waals surface area contributed by atoms with Gasteiger partial charge in [0.15, 0.2) is 0 Å². The number of carbonyl (C=O) groups is 1. The highest BCUT2D eigenvalue weighted by molar-refractivity contribution is 7.86. The second-order valence-electron chi connectivity index (χ2n) is 7.87. The number of amides is 2. The van der Waals surface area contributed by atoms with E-state index in [1.54, 1.807) is 11.0 Å².